The van der Waals surface area contributed by atoms with Crippen LogP contribution in [0.15, 0.2) is 91.3 Å². The van der Waals surface area contributed by atoms with Crippen molar-refractivity contribution >= 4 is 55.2 Å². The van der Waals surface area contributed by atoms with Gasteiger partial charge < -0.3 is 9.47 Å². The number of hydrogen-bond donors (Lipinski definition) is 2. The average molecular weight is 802 g/mol. The molecule has 1 aromatic heterocycles. The first kappa shape index (κ1) is 32.0. The summed E-state index contributed by atoms with van der Waals surface area (Å²) in [4.78, 5) is 22.6. The molecule has 1 unspecified atom stereocenters. The van der Waals surface area contributed by atoms with Crippen LogP contribution in [-0.2, 0) is 22.7 Å². The monoisotopic (exact) mass is 801 g/mol. The Morgan fingerprint density at radius 3 is 2.51 bits per heavy atom. The van der Waals surface area contributed by atoms with Gasteiger partial charge in [-0.1, -0.05) is 0 Å². The third-order valence-corrected chi connectivity index (χ3v) is 10.2. The van der Waals surface area contributed by atoms with Gasteiger partial charge in [0.05, 0.1) is 14.2 Å². The van der Waals surface area contributed by atoms with E-state index in [9.17, 15) is 4.79 Å². The van der Waals surface area contributed by atoms with Crippen LogP contribution in [0.1, 0.15) is 29.7 Å². The number of carbonyl (C=O) groups excluding carboxylic acids is 1. The van der Waals surface area contributed by atoms with E-state index in [1.807, 2.05) is 85.8 Å². The van der Waals surface area contributed by atoms with Gasteiger partial charge in [0.1, 0.15) is 11.5 Å². The van der Waals surface area contributed by atoms with Gasteiger partial charge in [0.15, 0.2) is 0 Å². The average Bonchev–Trinajstić information content (AvgIpc) is 3.09. The van der Waals surface area contributed by atoms with Gasteiger partial charge in [0, 0.05) is 18.2 Å². The van der Waals surface area contributed by atoms with E-state index < -0.39 is 29.6 Å². The molecule has 0 spiro atoms. The molecule has 0 bridgehead atoms. The molecule has 0 fully saturated rings. The van der Waals surface area contributed by atoms with Crippen molar-refractivity contribution in [1.82, 2.24) is 9.97 Å². The van der Waals surface area contributed by atoms with Crippen LogP contribution in [0.4, 0.5) is 11.5 Å². The molecule has 4 aromatic carbocycles. The van der Waals surface area contributed by atoms with Crippen LogP contribution in [-0.4, -0.2) is 60.3 Å². The number of methoxy groups -OCH3 is 2. The molecule has 5 rings (SSSR count). The Labute approximate surface area is 275 Å². The van der Waals surface area contributed by atoms with E-state index in [1.165, 1.54) is 9.55 Å². The van der Waals surface area contributed by atoms with Gasteiger partial charge in [-0.05, 0) is 12.1 Å². The van der Waals surface area contributed by atoms with Crippen molar-refractivity contribution in [1.29, 1.82) is 0 Å². The Hall–Kier alpha value is -4.41. The summed E-state index contributed by atoms with van der Waals surface area (Å²) in [7, 11) is 3.26. The Morgan fingerprint density at radius 1 is 0.911 bits per heavy atom. The van der Waals surface area contributed by atoms with E-state index in [-0.39, 0.29) is 12.6 Å². The SMILES string of the molecule is CCOc1cc(C(Nc2ccc3c(NCc4ccc(OC)cc4OC)ncnc3c2)C(=O)OCc2ccccc2)cc[c]1[Po][CH3]. The molecule has 45 heavy (non-hydrogen) atoms. The van der Waals surface area contributed by atoms with E-state index in [1.54, 1.807) is 14.2 Å². The van der Waals surface area contributed by atoms with Crippen molar-refractivity contribution in [2.24, 2.45) is 0 Å². The first-order valence-electron chi connectivity index (χ1n) is 14.5. The van der Waals surface area contributed by atoms with Crippen LogP contribution < -0.4 is 28.1 Å². The molecule has 0 aliphatic carbocycles. The quantitative estimate of drug-likeness (QED) is 0.132. The van der Waals surface area contributed by atoms with E-state index in [0.717, 1.165) is 50.5 Å². The third kappa shape index (κ3) is 8.00. The summed E-state index contributed by atoms with van der Waals surface area (Å²) in [6, 6.07) is 26.4. The van der Waals surface area contributed by atoms with Gasteiger partial charge in [-0.25, -0.2) is 0 Å². The van der Waals surface area contributed by atoms with E-state index >= 15 is 0 Å². The number of rotatable bonds is 14. The topological polar surface area (TPSA) is 104 Å². The van der Waals surface area contributed by atoms with Crippen LogP contribution in [0.3, 0.4) is 0 Å². The summed E-state index contributed by atoms with van der Waals surface area (Å²) in [5, 5.41) is 7.66. The number of aromatic nitrogens is 2. The summed E-state index contributed by atoms with van der Waals surface area (Å²) >= 11 is -0.728. The Kier molecular flexibility index (Phi) is 11.0. The van der Waals surface area contributed by atoms with Crippen molar-refractivity contribution < 1.29 is 23.7 Å². The standard InChI is InChI=1S/C34H33N4O5.CH3.Po/c1-4-42-28-12-8-11-24(17-28)32(34(39)43-21-23-9-6-5-7-10-23)38-26-14-16-29-30(18-26)36-22-37-33(29)35-20-25-13-15-27(40-2)19-31(25)41-3;;/h5-11,13-19,22,32,38H,4,20-21H2,1-3H3,(H,35,36,37);1H3;. The molecular weight excluding hydrogens is 765 g/mol. The maximum atomic E-state index is 13.6. The van der Waals surface area contributed by atoms with Crippen LogP contribution in [0.5, 0.6) is 17.2 Å². The molecule has 0 saturated heterocycles. The molecule has 0 aliphatic rings. The zero-order chi connectivity index (χ0) is 31.6. The Morgan fingerprint density at radius 2 is 1.76 bits per heavy atom. The van der Waals surface area contributed by atoms with Crippen LogP contribution >= 0.6 is 0 Å². The van der Waals surface area contributed by atoms with Crippen LogP contribution in [0, 0.1) is 0 Å². The predicted octanol–water partition coefficient (Wildman–Crippen LogP) is 5.93. The Bertz CT molecular complexity index is 1750. The summed E-state index contributed by atoms with van der Waals surface area (Å²) in [6.07, 6.45) is 1.52. The summed E-state index contributed by atoms with van der Waals surface area (Å²) in [5.41, 5.74) is 4.09. The zero-order valence-electron chi connectivity index (χ0n) is 25.7. The number of ether oxygens (including phenoxy) is 4. The number of anilines is 2. The van der Waals surface area contributed by atoms with Gasteiger partial charge in [-0.3, -0.25) is 0 Å². The second-order valence-corrected chi connectivity index (χ2v) is 13.3. The first-order chi connectivity index (χ1) is 22.0. The number of fused-ring (bicyclic) bond motifs is 1. The van der Waals surface area contributed by atoms with Crippen molar-refractivity contribution in [2.45, 2.75) is 30.7 Å². The Balaban J connectivity index is 1.40. The fraction of sp³-hybridized carbons (Fsp3) is 0.229. The van der Waals surface area contributed by atoms with Gasteiger partial charge in [0.25, 0.3) is 0 Å². The zero-order valence-corrected chi connectivity index (χ0v) is 28.9. The van der Waals surface area contributed by atoms with Gasteiger partial charge in [-0.15, -0.1) is 0 Å². The maximum absolute atomic E-state index is 13.6. The number of carbonyl (C=O) groups is 1. The van der Waals surface area contributed by atoms with Gasteiger partial charge in [-0.2, -0.15) is 0 Å². The molecule has 0 aliphatic heterocycles. The van der Waals surface area contributed by atoms with Crippen molar-refractivity contribution in [3.63, 3.8) is 0 Å². The number of hydrogen-bond acceptors (Lipinski definition) is 9. The summed E-state index contributed by atoms with van der Waals surface area (Å²) in [5.74, 6) is 2.58. The van der Waals surface area contributed by atoms with Gasteiger partial charge in [0.2, 0.25) is 0 Å². The molecule has 9 nitrogen and oxygen atoms in total. The second-order valence-electron chi connectivity index (χ2n) is 10.00. The number of esters is 1. The predicted molar refractivity (Wildman–Crippen MR) is 178 cm³/mol. The molecule has 2 N–H and O–H groups in total. The molecule has 5 aromatic rings. The first-order valence-corrected chi connectivity index (χ1v) is 19.3. The molecular formula is C35H36N4O5Po. The van der Waals surface area contributed by atoms with E-state index in [0.29, 0.717) is 19.0 Å². The molecule has 0 amide bonds. The van der Waals surface area contributed by atoms with Gasteiger partial charge >= 0.3 is 211 Å². The van der Waals surface area contributed by atoms with Crippen molar-refractivity contribution in [2.75, 3.05) is 31.5 Å². The molecule has 1 heterocycles. The van der Waals surface area contributed by atoms with E-state index in [2.05, 4.69) is 31.3 Å². The molecule has 0 saturated carbocycles. The van der Waals surface area contributed by atoms with Crippen LogP contribution in [0.2, 0.25) is 4.58 Å². The molecule has 0 radical (unpaired) electrons. The molecule has 10 heteroatoms. The summed E-state index contributed by atoms with van der Waals surface area (Å²) in [6.45, 7) is 3.19. The molecule has 1 atom stereocenters. The van der Waals surface area contributed by atoms with Crippen LogP contribution in [0.25, 0.3) is 10.9 Å². The number of nitrogens with one attached hydrogen (secondary N) is 2. The normalized spacial score (nSPS) is 11.5. The fourth-order valence-electron chi connectivity index (χ4n) is 4.86. The minimum absolute atomic E-state index is 0.177. The fourth-order valence-corrected chi connectivity index (χ4v) is 6.90. The number of benzene rings is 4. The third-order valence-electron chi connectivity index (χ3n) is 7.17. The van der Waals surface area contributed by atoms with Crippen molar-refractivity contribution in [3.05, 3.63) is 108 Å². The number of nitrogens with zero attached hydrogens (tertiary/aromatic N) is 2. The van der Waals surface area contributed by atoms with E-state index in [4.69, 9.17) is 18.9 Å². The molecule has 232 valence electrons. The van der Waals surface area contributed by atoms with Crippen molar-refractivity contribution in [3.8, 4) is 17.2 Å². The minimum atomic E-state index is -0.761. The second kappa shape index (κ2) is 15.5. The summed E-state index contributed by atoms with van der Waals surface area (Å²) < 4.78 is 26.1.